The van der Waals surface area contributed by atoms with Gasteiger partial charge in [0.05, 0.1) is 29.0 Å². The lowest BCUT2D eigenvalue weighted by molar-refractivity contribution is -0.266. The Morgan fingerprint density at radius 3 is 2.02 bits per heavy atom. The number of carbonyl (C=O) groups excluding carboxylic acids is 6. The van der Waals surface area contributed by atoms with Crippen molar-refractivity contribution >= 4 is 35.8 Å². The fourth-order valence-corrected chi connectivity index (χ4v) is 10.1. The van der Waals surface area contributed by atoms with Gasteiger partial charge < -0.3 is 49.1 Å². The van der Waals surface area contributed by atoms with Crippen LogP contribution in [0.2, 0.25) is 0 Å². The Morgan fingerprint density at radius 1 is 0.885 bits per heavy atom. The van der Waals surface area contributed by atoms with Crippen molar-refractivity contribution in [2.75, 3.05) is 0 Å². The summed E-state index contributed by atoms with van der Waals surface area (Å²) >= 11 is 0. The lowest BCUT2D eigenvalue weighted by atomic mass is 9.46. The van der Waals surface area contributed by atoms with E-state index in [-0.39, 0.29) is 23.1 Å². The zero-order chi connectivity index (χ0) is 45.2. The van der Waals surface area contributed by atoms with E-state index >= 15 is 4.79 Å². The van der Waals surface area contributed by atoms with Crippen molar-refractivity contribution < 1.29 is 72.5 Å². The Hall–Kier alpha value is -5.16. The zero-order valence-corrected chi connectivity index (χ0v) is 36.0. The molecule has 2 aromatic rings. The molecule has 4 N–H and O–H groups in total. The van der Waals surface area contributed by atoms with Crippen LogP contribution < -0.4 is 5.32 Å². The number of aliphatic hydroxyl groups is 3. The van der Waals surface area contributed by atoms with Crippen molar-refractivity contribution in [3.63, 3.8) is 0 Å². The Morgan fingerprint density at radius 2 is 1.46 bits per heavy atom. The molecule has 3 aliphatic carbocycles. The van der Waals surface area contributed by atoms with Crippen LogP contribution in [0.15, 0.2) is 71.8 Å². The molecule has 2 aliphatic heterocycles. The van der Waals surface area contributed by atoms with E-state index < -0.39 is 118 Å². The molecule has 2 heterocycles. The Balaban J connectivity index is 1.58. The lowest BCUT2D eigenvalue weighted by Gasteiger charge is -2.62. The number of carbonyl (C=O) groups is 6. The minimum Gasteiger partial charge on any atom is -0.456 e. The molecule has 11 atom stereocenters. The molecule has 61 heavy (non-hydrogen) atoms. The third-order valence-electron chi connectivity index (χ3n) is 12.9. The van der Waals surface area contributed by atoms with E-state index in [1.54, 1.807) is 69.3 Å². The van der Waals surface area contributed by atoms with Gasteiger partial charge in [0.1, 0.15) is 35.1 Å². The van der Waals surface area contributed by atoms with Gasteiger partial charge in [-0.2, -0.15) is 0 Å². The predicted molar refractivity (Wildman–Crippen MR) is 213 cm³/mol. The van der Waals surface area contributed by atoms with E-state index in [1.807, 2.05) is 0 Å². The number of fused-ring (bicyclic) bond motifs is 3. The Bertz CT molecular complexity index is 2130. The minimum atomic E-state index is -2.75. The number of benzene rings is 2. The quantitative estimate of drug-likeness (QED) is 0.158. The van der Waals surface area contributed by atoms with Crippen LogP contribution >= 0.6 is 0 Å². The second-order valence-corrected chi connectivity index (χ2v) is 18.3. The maximum Gasteiger partial charge on any atom is 0.408 e. The number of ketones is 1. The molecule has 7 rings (SSSR count). The van der Waals surface area contributed by atoms with Crippen LogP contribution in [-0.4, -0.2) is 104 Å². The molecule has 0 radical (unpaired) electrons. The fourth-order valence-electron chi connectivity index (χ4n) is 10.1. The number of amides is 1. The third kappa shape index (κ3) is 7.50. The van der Waals surface area contributed by atoms with E-state index in [4.69, 9.17) is 28.4 Å². The molecular formula is C45H55NO15. The predicted octanol–water partition coefficient (Wildman–Crippen LogP) is 4.18. The highest BCUT2D eigenvalue weighted by Gasteiger charge is 2.82. The number of rotatable bonds is 9. The zero-order valence-electron chi connectivity index (χ0n) is 36.0. The van der Waals surface area contributed by atoms with Gasteiger partial charge in [-0.15, -0.1) is 0 Å². The number of aliphatic hydroxyl groups excluding tert-OH is 2. The number of hydrogen-bond donors (Lipinski definition) is 4. The van der Waals surface area contributed by atoms with Gasteiger partial charge in [0.2, 0.25) is 5.78 Å². The molecule has 330 valence electrons. The number of ether oxygens (including phenoxy) is 6. The van der Waals surface area contributed by atoms with Crippen LogP contribution in [0, 0.1) is 16.7 Å². The maximum atomic E-state index is 15.7. The molecule has 16 heteroatoms. The third-order valence-corrected chi connectivity index (χ3v) is 12.9. The summed E-state index contributed by atoms with van der Waals surface area (Å²) in [5.74, 6) is -9.43. The van der Waals surface area contributed by atoms with E-state index in [2.05, 4.69) is 5.32 Å². The minimum absolute atomic E-state index is 0.0553. The van der Waals surface area contributed by atoms with Gasteiger partial charge in [0.15, 0.2) is 6.10 Å². The first-order valence-corrected chi connectivity index (χ1v) is 20.2. The van der Waals surface area contributed by atoms with E-state index in [9.17, 15) is 39.3 Å². The van der Waals surface area contributed by atoms with Crippen molar-refractivity contribution in [2.45, 2.75) is 141 Å². The van der Waals surface area contributed by atoms with Crippen molar-refractivity contribution in [3.8, 4) is 0 Å². The first-order valence-electron chi connectivity index (χ1n) is 20.2. The summed E-state index contributed by atoms with van der Waals surface area (Å²) in [6.45, 7) is 14.4. The van der Waals surface area contributed by atoms with Crippen LogP contribution in [0.4, 0.5) is 4.79 Å². The lowest BCUT2D eigenvalue weighted by Crippen LogP contribution is -2.76. The Kier molecular flexibility index (Phi) is 11.6. The average Bonchev–Trinajstić information content (AvgIpc) is 3.26. The van der Waals surface area contributed by atoms with E-state index in [1.165, 1.54) is 46.8 Å². The van der Waals surface area contributed by atoms with Gasteiger partial charge in [0, 0.05) is 37.7 Å². The maximum absolute atomic E-state index is 15.7. The fraction of sp³-hybridized carbons (Fsp3) is 0.556. The van der Waals surface area contributed by atoms with Gasteiger partial charge in [0.25, 0.3) is 5.79 Å². The monoisotopic (exact) mass is 849 g/mol. The van der Waals surface area contributed by atoms with Crippen molar-refractivity contribution in [1.29, 1.82) is 0 Å². The van der Waals surface area contributed by atoms with Crippen molar-refractivity contribution in [2.24, 2.45) is 16.7 Å². The second-order valence-electron chi connectivity index (χ2n) is 18.3. The van der Waals surface area contributed by atoms with Gasteiger partial charge in [-0.05, 0) is 64.8 Å². The molecule has 0 aromatic heterocycles. The first kappa shape index (κ1) is 45.4. The molecule has 2 saturated carbocycles. The number of esters is 4. The van der Waals surface area contributed by atoms with Crippen LogP contribution in [0.1, 0.15) is 104 Å². The molecular weight excluding hydrogens is 794 g/mol. The average molecular weight is 850 g/mol. The van der Waals surface area contributed by atoms with Gasteiger partial charge >= 0.3 is 30.0 Å². The summed E-state index contributed by atoms with van der Waals surface area (Å²) < 4.78 is 36.6. The van der Waals surface area contributed by atoms with E-state index in [0.717, 1.165) is 13.8 Å². The Labute approximate surface area is 353 Å². The molecule has 0 spiro atoms. The highest BCUT2D eigenvalue weighted by atomic mass is 16.7. The van der Waals surface area contributed by atoms with Crippen LogP contribution in [-0.2, 0) is 47.6 Å². The van der Waals surface area contributed by atoms with Crippen LogP contribution in [0.5, 0.6) is 0 Å². The number of alkyl carbamates (subject to hydrolysis) is 1. The summed E-state index contributed by atoms with van der Waals surface area (Å²) in [4.78, 5) is 83.5. The van der Waals surface area contributed by atoms with Crippen LogP contribution in [0.3, 0.4) is 0 Å². The highest BCUT2D eigenvalue weighted by molar-refractivity contribution is 5.98. The molecule has 4 fully saturated rings. The summed E-state index contributed by atoms with van der Waals surface area (Å²) in [7, 11) is 0. The molecule has 2 aromatic carbocycles. The standard InChI is InChI=1S/C45H55NO15/c1-23-28(56-37(52)32(50)31(26-17-13-11-14-18-26)46-39(54)61-40(4,5)6)22-44(55)35(57-36(51)27-19-15-12-16-20-27)34-42(9)29(49)21-30(43(34,10)58-24(2)47)60-45(38(42)53,59-25(3)48)33(23)41(44,7)8/h11-20,28-32,34-35,49-50,55H,21-22H2,1-10H3,(H,46,54)/t28-,29-,30+,31-,32+,34-,35-,42+,43-,44+,45-/m0/s1. The van der Waals surface area contributed by atoms with Crippen molar-refractivity contribution in [3.05, 3.63) is 82.9 Å². The molecule has 2 saturated heterocycles. The normalized spacial score (nSPS) is 33.5. The van der Waals surface area contributed by atoms with Gasteiger partial charge in [-0.3, -0.25) is 14.4 Å². The van der Waals surface area contributed by atoms with E-state index in [0.29, 0.717) is 5.56 Å². The topological polar surface area (TPSA) is 231 Å². The molecule has 1 amide bonds. The largest absolute Gasteiger partial charge is 0.456 e. The summed E-state index contributed by atoms with van der Waals surface area (Å²) in [6.07, 6.45) is -10.4. The number of nitrogens with one attached hydrogen (secondary N) is 1. The second kappa shape index (κ2) is 15.6. The molecule has 5 aliphatic rings. The molecule has 6 bridgehead atoms. The SMILES string of the molecule is CC(=O)O[C@@]12O[C@@H]3C[C@H](O)[C@@](C)(C1=O)[C@H]([C@H](OC(=O)c1ccccc1)[C@]1(O)C[C@H](OC(=O)[C@H](O)[C@@H](NC(=O)OC(C)(C)C)c4ccccc4)C(C)=C2C1(C)C)[C@@]3(C)OC(C)=O. The summed E-state index contributed by atoms with van der Waals surface area (Å²) in [5, 5.41) is 39.9. The summed E-state index contributed by atoms with van der Waals surface area (Å²) in [6, 6.07) is 14.5. The first-order chi connectivity index (χ1) is 28.2. The van der Waals surface area contributed by atoms with Crippen LogP contribution in [0.25, 0.3) is 0 Å². The molecule has 0 unspecified atom stereocenters. The number of hydrogen-bond acceptors (Lipinski definition) is 15. The van der Waals surface area contributed by atoms with Gasteiger partial charge in [-0.1, -0.05) is 62.4 Å². The highest BCUT2D eigenvalue weighted by Crippen LogP contribution is 2.67. The smallest absolute Gasteiger partial charge is 0.408 e. The summed E-state index contributed by atoms with van der Waals surface area (Å²) in [5.41, 5.74) is -9.02. The molecule has 16 nitrogen and oxygen atoms in total. The van der Waals surface area contributed by atoms with Gasteiger partial charge in [-0.25, -0.2) is 14.4 Å². The number of Topliss-reactive ketones (excluding diaryl/α,β-unsaturated/α-hetero) is 1. The van der Waals surface area contributed by atoms with Crippen molar-refractivity contribution in [1.82, 2.24) is 5.32 Å².